The monoisotopic (exact) mass is 264 g/mol. The van der Waals surface area contributed by atoms with E-state index in [0.29, 0.717) is 18.8 Å². The molecule has 104 valence electrons. The topological polar surface area (TPSA) is 50.8 Å². The highest BCUT2D eigenvalue weighted by atomic mass is 16.6. The standard InChI is InChI=1S/C14H20N2O3/c1-14(2,3)19-13(17)16-9-8-15-10-6-5-7-11(18-4)12(10)16/h5-7,15H,8-9H2,1-4H3. The minimum absolute atomic E-state index is 0.347. The smallest absolute Gasteiger partial charge is 0.415 e. The van der Waals surface area contributed by atoms with Gasteiger partial charge >= 0.3 is 6.09 Å². The fraction of sp³-hybridized carbons (Fsp3) is 0.500. The number of carbonyl (C=O) groups is 1. The maximum Gasteiger partial charge on any atom is 0.415 e. The predicted molar refractivity (Wildman–Crippen MR) is 75.1 cm³/mol. The van der Waals surface area contributed by atoms with E-state index in [1.807, 2.05) is 39.0 Å². The fourth-order valence-corrected chi connectivity index (χ4v) is 2.02. The number of benzene rings is 1. The van der Waals surface area contributed by atoms with Crippen molar-refractivity contribution in [2.24, 2.45) is 0 Å². The first-order chi connectivity index (χ1) is 8.92. The summed E-state index contributed by atoms with van der Waals surface area (Å²) in [5.41, 5.74) is 1.12. The van der Waals surface area contributed by atoms with Gasteiger partial charge in [0, 0.05) is 13.1 Å². The van der Waals surface area contributed by atoms with Crippen LogP contribution in [0, 0.1) is 0 Å². The van der Waals surface area contributed by atoms with Gasteiger partial charge in [-0.3, -0.25) is 4.90 Å². The maximum absolute atomic E-state index is 12.3. The van der Waals surface area contributed by atoms with Crippen LogP contribution in [0.4, 0.5) is 16.2 Å². The van der Waals surface area contributed by atoms with E-state index in [1.165, 1.54) is 0 Å². The summed E-state index contributed by atoms with van der Waals surface area (Å²) in [6.07, 6.45) is -0.347. The Kier molecular flexibility index (Phi) is 3.55. The van der Waals surface area contributed by atoms with Crippen molar-refractivity contribution in [1.29, 1.82) is 0 Å². The van der Waals surface area contributed by atoms with Crippen LogP contribution in [0.1, 0.15) is 20.8 Å². The zero-order chi connectivity index (χ0) is 14.0. The molecule has 1 aliphatic rings. The molecule has 1 aromatic rings. The molecule has 0 spiro atoms. The molecule has 19 heavy (non-hydrogen) atoms. The van der Waals surface area contributed by atoms with Crippen molar-refractivity contribution < 1.29 is 14.3 Å². The second kappa shape index (κ2) is 4.99. The molecule has 0 bridgehead atoms. The summed E-state index contributed by atoms with van der Waals surface area (Å²) in [4.78, 5) is 13.9. The molecule has 5 nitrogen and oxygen atoms in total. The molecule has 0 fully saturated rings. The Bertz CT molecular complexity index is 466. The third-order valence-corrected chi connectivity index (χ3v) is 2.75. The number of anilines is 2. The summed E-state index contributed by atoms with van der Waals surface area (Å²) < 4.78 is 10.8. The molecule has 1 heterocycles. The summed E-state index contributed by atoms with van der Waals surface area (Å²) in [6.45, 7) is 6.82. The number of amides is 1. The van der Waals surface area contributed by atoms with E-state index in [1.54, 1.807) is 12.0 Å². The number of hydrogen-bond donors (Lipinski definition) is 1. The zero-order valence-corrected chi connectivity index (χ0v) is 11.8. The Morgan fingerprint density at radius 1 is 1.37 bits per heavy atom. The van der Waals surface area contributed by atoms with Crippen molar-refractivity contribution in [2.75, 3.05) is 30.4 Å². The molecule has 0 saturated heterocycles. The summed E-state index contributed by atoms with van der Waals surface area (Å²) >= 11 is 0. The third kappa shape index (κ3) is 2.92. The molecule has 0 aliphatic carbocycles. The van der Waals surface area contributed by atoms with Gasteiger partial charge < -0.3 is 14.8 Å². The number of methoxy groups -OCH3 is 1. The van der Waals surface area contributed by atoms with E-state index in [-0.39, 0.29) is 6.09 Å². The van der Waals surface area contributed by atoms with Crippen molar-refractivity contribution >= 4 is 17.5 Å². The van der Waals surface area contributed by atoms with Gasteiger partial charge in [-0.2, -0.15) is 0 Å². The number of nitrogens with one attached hydrogen (secondary N) is 1. The lowest BCUT2D eigenvalue weighted by Gasteiger charge is -2.33. The summed E-state index contributed by atoms with van der Waals surface area (Å²) in [7, 11) is 1.59. The highest BCUT2D eigenvalue weighted by Gasteiger charge is 2.29. The van der Waals surface area contributed by atoms with Crippen LogP contribution in [0.5, 0.6) is 5.75 Å². The van der Waals surface area contributed by atoms with E-state index >= 15 is 0 Å². The Labute approximate surface area is 113 Å². The lowest BCUT2D eigenvalue weighted by Crippen LogP contribution is -2.42. The molecule has 0 atom stereocenters. The van der Waals surface area contributed by atoms with Gasteiger partial charge in [0.15, 0.2) is 0 Å². The maximum atomic E-state index is 12.3. The van der Waals surface area contributed by atoms with Crippen LogP contribution < -0.4 is 15.0 Å². The normalized spacial score (nSPS) is 14.4. The molecule has 2 rings (SSSR count). The van der Waals surface area contributed by atoms with Crippen LogP contribution in [0.25, 0.3) is 0 Å². The quantitative estimate of drug-likeness (QED) is 0.847. The second-order valence-electron chi connectivity index (χ2n) is 5.42. The zero-order valence-electron chi connectivity index (χ0n) is 11.8. The lowest BCUT2D eigenvalue weighted by atomic mass is 10.2. The average molecular weight is 264 g/mol. The van der Waals surface area contributed by atoms with Gasteiger partial charge in [-0.25, -0.2) is 4.79 Å². The van der Waals surface area contributed by atoms with E-state index in [2.05, 4.69) is 5.32 Å². The first kappa shape index (κ1) is 13.5. The van der Waals surface area contributed by atoms with Crippen LogP contribution in [0.3, 0.4) is 0 Å². The lowest BCUT2D eigenvalue weighted by molar-refractivity contribution is 0.0580. The van der Waals surface area contributed by atoms with Gasteiger partial charge in [0.05, 0.1) is 12.8 Å². The van der Waals surface area contributed by atoms with Gasteiger partial charge in [0.2, 0.25) is 0 Å². The van der Waals surface area contributed by atoms with E-state index in [0.717, 1.165) is 11.4 Å². The number of para-hydroxylation sites is 1. The summed E-state index contributed by atoms with van der Waals surface area (Å²) in [6, 6.07) is 5.65. The first-order valence-electron chi connectivity index (χ1n) is 6.34. The number of fused-ring (bicyclic) bond motifs is 1. The second-order valence-corrected chi connectivity index (χ2v) is 5.42. The van der Waals surface area contributed by atoms with Crippen LogP contribution >= 0.6 is 0 Å². The molecule has 0 saturated carbocycles. The number of carbonyl (C=O) groups excluding carboxylic acids is 1. The number of hydrogen-bond acceptors (Lipinski definition) is 4. The van der Waals surface area contributed by atoms with Gasteiger partial charge in [0.25, 0.3) is 0 Å². The largest absolute Gasteiger partial charge is 0.494 e. The minimum atomic E-state index is -0.510. The van der Waals surface area contributed by atoms with Crippen molar-refractivity contribution in [1.82, 2.24) is 0 Å². The Morgan fingerprint density at radius 2 is 2.11 bits per heavy atom. The number of nitrogens with zero attached hydrogens (tertiary/aromatic N) is 1. The Balaban J connectivity index is 2.34. The minimum Gasteiger partial charge on any atom is -0.494 e. The number of rotatable bonds is 1. The highest BCUT2D eigenvalue weighted by molar-refractivity contribution is 5.96. The van der Waals surface area contributed by atoms with Gasteiger partial charge in [-0.15, -0.1) is 0 Å². The third-order valence-electron chi connectivity index (χ3n) is 2.75. The van der Waals surface area contributed by atoms with Crippen molar-refractivity contribution in [2.45, 2.75) is 26.4 Å². The molecular formula is C14H20N2O3. The molecule has 1 N–H and O–H groups in total. The van der Waals surface area contributed by atoms with Gasteiger partial charge in [0.1, 0.15) is 17.0 Å². The molecule has 5 heteroatoms. The molecule has 1 amide bonds. The Morgan fingerprint density at radius 3 is 2.74 bits per heavy atom. The predicted octanol–water partition coefficient (Wildman–Crippen LogP) is 2.86. The molecule has 1 aliphatic heterocycles. The van der Waals surface area contributed by atoms with Crippen LogP contribution in [0.15, 0.2) is 18.2 Å². The molecule has 0 unspecified atom stereocenters. The van der Waals surface area contributed by atoms with Crippen LogP contribution in [-0.2, 0) is 4.74 Å². The summed E-state index contributed by atoms with van der Waals surface area (Å²) in [5.74, 6) is 0.663. The average Bonchev–Trinajstić information content (AvgIpc) is 2.35. The van der Waals surface area contributed by atoms with Crippen LogP contribution in [0.2, 0.25) is 0 Å². The SMILES string of the molecule is COc1cccc2c1N(C(=O)OC(C)(C)C)CCN2. The first-order valence-corrected chi connectivity index (χ1v) is 6.34. The highest BCUT2D eigenvalue weighted by Crippen LogP contribution is 2.38. The summed E-state index contributed by atoms with van der Waals surface area (Å²) in [5, 5.41) is 3.26. The molecule has 0 radical (unpaired) electrons. The van der Waals surface area contributed by atoms with Crippen molar-refractivity contribution in [3.8, 4) is 5.75 Å². The van der Waals surface area contributed by atoms with Gasteiger partial charge in [-0.05, 0) is 32.9 Å². The van der Waals surface area contributed by atoms with Crippen molar-refractivity contribution in [3.05, 3.63) is 18.2 Å². The Hall–Kier alpha value is -1.91. The fourth-order valence-electron chi connectivity index (χ4n) is 2.02. The molecular weight excluding hydrogens is 244 g/mol. The number of ether oxygens (including phenoxy) is 2. The van der Waals surface area contributed by atoms with Crippen molar-refractivity contribution in [3.63, 3.8) is 0 Å². The van der Waals surface area contributed by atoms with Gasteiger partial charge in [-0.1, -0.05) is 6.07 Å². The molecule has 1 aromatic carbocycles. The van der Waals surface area contributed by atoms with Crippen LogP contribution in [-0.4, -0.2) is 31.9 Å². The van der Waals surface area contributed by atoms with E-state index in [4.69, 9.17) is 9.47 Å². The molecule has 0 aromatic heterocycles. The van der Waals surface area contributed by atoms with E-state index in [9.17, 15) is 4.79 Å². The van der Waals surface area contributed by atoms with E-state index < -0.39 is 5.60 Å².